The molecule has 0 unspecified atom stereocenters. The van der Waals surface area contributed by atoms with Crippen LogP contribution in [0.3, 0.4) is 0 Å². The van der Waals surface area contributed by atoms with Gasteiger partial charge >= 0.3 is 5.97 Å². The first-order valence-electron chi connectivity index (χ1n) is 7.19. The Morgan fingerprint density at radius 2 is 1.90 bits per heavy atom. The third kappa shape index (κ3) is 3.74. The number of carbonyl (C=O) groups is 2. The molecule has 114 valence electrons. The molecule has 0 spiro atoms. The lowest BCUT2D eigenvalue weighted by Crippen LogP contribution is -2.38. The average Bonchev–Trinajstić information content (AvgIpc) is 2.50. The van der Waals surface area contributed by atoms with Crippen molar-refractivity contribution in [1.29, 1.82) is 0 Å². The highest BCUT2D eigenvalue weighted by Gasteiger charge is 2.27. The van der Waals surface area contributed by atoms with Crippen molar-refractivity contribution < 1.29 is 19.4 Å². The lowest BCUT2D eigenvalue weighted by molar-refractivity contribution is -0.146. The van der Waals surface area contributed by atoms with Gasteiger partial charge in [-0.3, -0.25) is 9.59 Å². The van der Waals surface area contributed by atoms with Gasteiger partial charge in [0, 0.05) is 11.6 Å². The van der Waals surface area contributed by atoms with Crippen molar-refractivity contribution in [3.8, 4) is 5.75 Å². The summed E-state index contributed by atoms with van der Waals surface area (Å²) in [5.74, 6) is -0.279. The Bertz CT molecular complexity index is 533. The van der Waals surface area contributed by atoms with Gasteiger partial charge in [0.25, 0.3) is 5.91 Å². The molecule has 1 aliphatic carbocycles. The molecule has 1 aromatic carbocycles. The number of carbonyl (C=O) groups excluding carboxylic acids is 2. The maximum atomic E-state index is 12.1. The van der Waals surface area contributed by atoms with E-state index >= 15 is 0 Å². The second-order valence-electron chi connectivity index (χ2n) is 5.55. The number of aromatic hydroxyl groups is 1. The molecule has 2 N–H and O–H groups in total. The molecule has 1 fully saturated rings. The molecule has 5 nitrogen and oxygen atoms in total. The summed E-state index contributed by atoms with van der Waals surface area (Å²) in [6.07, 6.45) is 3.00. The van der Waals surface area contributed by atoms with E-state index < -0.39 is 0 Å². The van der Waals surface area contributed by atoms with E-state index in [1.165, 1.54) is 13.2 Å². The number of hydrogen-bond acceptors (Lipinski definition) is 4. The first-order valence-corrected chi connectivity index (χ1v) is 7.19. The van der Waals surface area contributed by atoms with E-state index in [0.29, 0.717) is 5.56 Å². The third-order valence-electron chi connectivity index (χ3n) is 4.07. The van der Waals surface area contributed by atoms with Crippen LogP contribution in [0.4, 0.5) is 0 Å². The Kier molecular flexibility index (Phi) is 4.83. The van der Waals surface area contributed by atoms with E-state index in [1.54, 1.807) is 19.1 Å². The molecule has 0 heterocycles. The molecule has 0 bridgehead atoms. The van der Waals surface area contributed by atoms with Gasteiger partial charge in [0.15, 0.2) is 0 Å². The van der Waals surface area contributed by atoms with Crippen LogP contribution >= 0.6 is 0 Å². The number of ether oxygens (including phenoxy) is 1. The van der Waals surface area contributed by atoms with E-state index in [-0.39, 0.29) is 29.6 Å². The average molecular weight is 291 g/mol. The predicted octanol–water partition coefficient (Wildman–Crippen LogP) is 2.16. The zero-order chi connectivity index (χ0) is 15.4. The largest absolute Gasteiger partial charge is 0.508 e. The number of rotatable bonds is 3. The van der Waals surface area contributed by atoms with Crippen LogP contribution in [0.1, 0.15) is 41.6 Å². The highest BCUT2D eigenvalue weighted by molar-refractivity contribution is 5.94. The van der Waals surface area contributed by atoms with Crippen LogP contribution < -0.4 is 5.32 Å². The first-order chi connectivity index (χ1) is 10.0. The Labute approximate surface area is 124 Å². The summed E-state index contributed by atoms with van der Waals surface area (Å²) < 4.78 is 4.75. The highest BCUT2D eigenvalue weighted by Crippen LogP contribution is 2.25. The van der Waals surface area contributed by atoms with Gasteiger partial charge in [0.2, 0.25) is 0 Å². The second kappa shape index (κ2) is 6.61. The van der Waals surface area contributed by atoms with Crippen molar-refractivity contribution >= 4 is 11.9 Å². The number of amides is 1. The van der Waals surface area contributed by atoms with E-state index in [2.05, 4.69) is 5.32 Å². The number of hydrogen-bond donors (Lipinski definition) is 2. The zero-order valence-electron chi connectivity index (χ0n) is 12.4. The fourth-order valence-corrected chi connectivity index (χ4v) is 2.66. The van der Waals surface area contributed by atoms with Gasteiger partial charge < -0.3 is 15.2 Å². The van der Waals surface area contributed by atoms with Crippen LogP contribution in [0.2, 0.25) is 0 Å². The summed E-state index contributed by atoms with van der Waals surface area (Å²) in [6, 6.07) is 4.97. The molecule has 21 heavy (non-hydrogen) atoms. The molecule has 2 rings (SSSR count). The summed E-state index contributed by atoms with van der Waals surface area (Å²) in [5, 5.41) is 12.6. The van der Waals surface area contributed by atoms with E-state index in [0.717, 1.165) is 31.2 Å². The summed E-state index contributed by atoms with van der Waals surface area (Å²) in [6.45, 7) is 1.78. The van der Waals surface area contributed by atoms with Gasteiger partial charge in [-0.25, -0.2) is 0 Å². The van der Waals surface area contributed by atoms with E-state index in [9.17, 15) is 14.7 Å². The van der Waals surface area contributed by atoms with Crippen molar-refractivity contribution in [3.63, 3.8) is 0 Å². The molecule has 0 radical (unpaired) electrons. The van der Waals surface area contributed by atoms with Crippen molar-refractivity contribution in [3.05, 3.63) is 29.3 Å². The molecule has 1 aromatic rings. The monoisotopic (exact) mass is 291 g/mol. The molecular formula is C16H21NO4. The third-order valence-corrected chi connectivity index (χ3v) is 4.07. The van der Waals surface area contributed by atoms with Crippen molar-refractivity contribution in [1.82, 2.24) is 5.32 Å². The van der Waals surface area contributed by atoms with Gasteiger partial charge in [-0.2, -0.15) is 0 Å². The number of esters is 1. The second-order valence-corrected chi connectivity index (χ2v) is 5.55. The molecule has 0 saturated heterocycles. The number of phenolic OH excluding ortho intramolecular Hbond substituents is 1. The Morgan fingerprint density at radius 3 is 2.48 bits per heavy atom. The molecule has 1 saturated carbocycles. The highest BCUT2D eigenvalue weighted by atomic mass is 16.5. The van der Waals surface area contributed by atoms with Crippen LogP contribution in [-0.2, 0) is 9.53 Å². The predicted molar refractivity (Wildman–Crippen MR) is 78.1 cm³/mol. The summed E-state index contributed by atoms with van der Waals surface area (Å²) in [4.78, 5) is 23.6. The van der Waals surface area contributed by atoms with Crippen LogP contribution in [0.15, 0.2) is 18.2 Å². The summed E-state index contributed by atoms with van der Waals surface area (Å²) in [5.41, 5.74) is 1.19. The zero-order valence-corrected chi connectivity index (χ0v) is 12.4. The fourth-order valence-electron chi connectivity index (χ4n) is 2.66. The minimum Gasteiger partial charge on any atom is -0.508 e. The molecule has 0 aromatic heterocycles. The van der Waals surface area contributed by atoms with Gasteiger partial charge in [-0.1, -0.05) is 6.07 Å². The first kappa shape index (κ1) is 15.4. The molecular weight excluding hydrogens is 270 g/mol. The van der Waals surface area contributed by atoms with Gasteiger partial charge in [0.05, 0.1) is 13.0 Å². The van der Waals surface area contributed by atoms with Gasteiger partial charge in [-0.15, -0.1) is 0 Å². The fraction of sp³-hybridized carbons (Fsp3) is 0.500. The number of phenols is 1. The lowest BCUT2D eigenvalue weighted by atomic mass is 9.86. The Hall–Kier alpha value is -2.04. The van der Waals surface area contributed by atoms with Crippen molar-refractivity contribution in [2.75, 3.05) is 7.11 Å². The van der Waals surface area contributed by atoms with Gasteiger partial charge in [-0.05, 0) is 50.3 Å². The van der Waals surface area contributed by atoms with Crippen molar-refractivity contribution in [2.45, 2.75) is 38.6 Å². The molecule has 5 heteroatoms. The van der Waals surface area contributed by atoms with Crippen LogP contribution in [-0.4, -0.2) is 30.1 Å². The van der Waals surface area contributed by atoms with Crippen LogP contribution in [0.5, 0.6) is 5.75 Å². The molecule has 0 atom stereocenters. The minimum atomic E-state index is -0.188. The number of methoxy groups -OCH3 is 1. The minimum absolute atomic E-state index is 0.0495. The Balaban J connectivity index is 1.89. The topological polar surface area (TPSA) is 75.6 Å². The lowest BCUT2D eigenvalue weighted by Gasteiger charge is -2.27. The molecule has 1 aliphatic rings. The molecule has 0 aliphatic heterocycles. The number of aryl methyl sites for hydroxylation is 1. The van der Waals surface area contributed by atoms with E-state index in [1.807, 2.05) is 0 Å². The standard InChI is InChI=1S/C16H21NO4/c1-10-3-4-12(9-14(10)18)15(19)17-13-7-5-11(6-8-13)16(20)21-2/h3-4,9,11,13,18H,5-8H2,1-2H3,(H,17,19). The normalized spacial score (nSPS) is 21.6. The van der Waals surface area contributed by atoms with Crippen LogP contribution in [0, 0.1) is 12.8 Å². The van der Waals surface area contributed by atoms with E-state index in [4.69, 9.17) is 4.74 Å². The SMILES string of the molecule is COC(=O)C1CCC(NC(=O)c2ccc(C)c(O)c2)CC1. The quantitative estimate of drug-likeness (QED) is 0.837. The number of benzene rings is 1. The molecule has 1 amide bonds. The number of nitrogens with one attached hydrogen (secondary N) is 1. The van der Waals surface area contributed by atoms with Crippen molar-refractivity contribution in [2.24, 2.45) is 5.92 Å². The van der Waals surface area contributed by atoms with Crippen LogP contribution in [0.25, 0.3) is 0 Å². The van der Waals surface area contributed by atoms with Gasteiger partial charge in [0.1, 0.15) is 5.75 Å². The smallest absolute Gasteiger partial charge is 0.308 e. The Morgan fingerprint density at radius 1 is 1.24 bits per heavy atom. The summed E-state index contributed by atoms with van der Waals surface area (Å²) in [7, 11) is 1.40. The maximum Gasteiger partial charge on any atom is 0.308 e. The maximum absolute atomic E-state index is 12.1. The summed E-state index contributed by atoms with van der Waals surface area (Å²) >= 11 is 0.